The van der Waals surface area contributed by atoms with Crippen LogP contribution in [0.25, 0.3) is 0 Å². The van der Waals surface area contributed by atoms with Crippen molar-refractivity contribution in [1.82, 2.24) is 14.6 Å². The standard InChI is InChI=1S/C22H28Cl2N3O8PS/c1-12(2)33-19(30)14(4)26-36(37,35-15-8-6-5-7-9-15)32-11-16-17(28)22(23,24)20(34-16)27-10-13(3)18(29)25-21(27)31/h5-10,12,14,16-17,20,28H,11H2,1-4H3,(H,26,37)(H,25,29,31)/t14-,16+,17+,20+,36?/m0/s1. The van der Waals surface area contributed by atoms with Gasteiger partial charge in [0.25, 0.3) is 5.56 Å². The number of nitrogens with one attached hydrogen (secondary N) is 2. The number of halogens is 2. The van der Waals surface area contributed by atoms with E-state index in [0.717, 1.165) is 4.57 Å². The van der Waals surface area contributed by atoms with Crippen LogP contribution in [-0.4, -0.2) is 55.9 Å². The molecule has 3 rings (SSSR count). The van der Waals surface area contributed by atoms with E-state index in [-0.39, 0.29) is 18.3 Å². The lowest BCUT2D eigenvalue weighted by Crippen LogP contribution is -2.42. The van der Waals surface area contributed by atoms with Crippen LogP contribution < -0.4 is 20.9 Å². The fraction of sp³-hybridized carbons (Fsp3) is 0.500. The molecule has 1 fully saturated rings. The zero-order chi connectivity index (χ0) is 27.5. The number of carbonyl (C=O) groups is 1. The van der Waals surface area contributed by atoms with Gasteiger partial charge in [-0.3, -0.25) is 19.1 Å². The molecule has 1 saturated heterocycles. The van der Waals surface area contributed by atoms with E-state index in [2.05, 4.69) is 10.1 Å². The number of alkyl halides is 2. The van der Waals surface area contributed by atoms with Crippen LogP contribution >= 0.6 is 29.8 Å². The van der Waals surface area contributed by atoms with E-state index in [1.807, 2.05) is 0 Å². The number of aromatic amines is 1. The van der Waals surface area contributed by atoms with Gasteiger partial charge in [-0.1, -0.05) is 41.4 Å². The van der Waals surface area contributed by atoms with Gasteiger partial charge in [-0.05, 0) is 51.6 Å². The predicted molar refractivity (Wildman–Crippen MR) is 142 cm³/mol. The Hall–Kier alpha value is -1.76. The molecule has 1 aliphatic rings. The Balaban J connectivity index is 1.82. The highest BCUT2D eigenvalue weighted by atomic mass is 35.5. The number of H-pyrrole nitrogens is 1. The summed E-state index contributed by atoms with van der Waals surface area (Å²) < 4.78 is 21.9. The van der Waals surface area contributed by atoms with Gasteiger partial charge in [-0.15, -0.1) is 0 Å². The average Bonchev–Trinajstić information content (AvgIpc) is 3.03. The van der Waals surface area contributed by atoms with Crippen LogP contribution in [0.15, 0.2) is 46.1 Å². The smallest absolute Gasteiger partial charge is 0.330 e. The molecule has 0 saturated carbocycles. The van der Waals surface area contributed by atoms with Crippen LogP contribution in [0.1, 0.15) is 32.6 Å². The van der Waals surface area contributed by atoms with Crippen molar-refractivity contribution in [3.05, 3.63) is 62.9 Å². The Labute approximate surface area is 228 Å². The fourth-order valence-electron chi connectivity index (χ4n) is 3.37. The molecule has 0 amide bonds. The molecule has 1 unspecified atom stereocenters. The van der Waals surface area contributed by atoms with Gasteiger partial charge in [0.1, 0.15) is 24.0 Å². The Morgan fingerprint density at radius 3 is 2.57 bits per heavy atom. The number of aromatic nitrogens is 2. The van der Waals surface area contributed by atoms with Crippen LogP contribution in [0.5, 0.6) is 5.75 Å². The van der Waals surface area contributed by atoms with Gasteiger partial charge in [0, 0.05) is 11.8 Å². The van der Waals surface area contributed by atoms with Crippen molar-refractivity contribution in [3.8, 4) is 5.75 Å². The van der Waals surface area contributed by atoms with Crippen LogP contribution in [0, 0.1) is 6.92 Å². The van der Waals surface area contributed by atoms with E-state index in [0.29, 0.717) is 5.75 Å². The summed E-state index contributed by atoms with van der Waals surface area (Å²) in [5.74, 6) is -0.178. The molecule has 0 bridgehead atoms. The average molecular weight is 596 g/mol. The third-order valence-electron chi connectivity index (χ3n) is 5.21. The molecule has 204 valence electrons. The number of nitrogens with zero attached hydrogens (tertiary/aromatic N) is 1. The minimum absolute atomic E-state index is 0.208. The highest BCUT2D eigenvalue weighted by Gasteiger charge is 2.56. The molecule has 11 nitrogen and oxygen atoms in total. The van der Waals surface area contributed by atoms with Gasteiger partial charge in [0.05, 0.1) is 12.7 Å². The van der Waals surface area contributed by atoms with E-state index in [1.165, 1.54) is 13.1 Å². The van der Waals surface area contributed by atoms with E-state index in [9.17, 15) is 19.5 Å². The molecule has 3 N–H and O–H groups in total. The third-order valence-corrected chi connectivity index (χ3v) is 8.53. The van der Waals surface area contributed by atoms with Gasteiger partial charge >= 0.3 is 18.3 Å². The second-order valence-corrected chi connectivity index (χ2v) is 13.2. The highest BCUT2D eigenvalue weighted by molar-refractivity contribution is 8.09. The number of rotatable bonds is 10. The molecular weight excluding hydrogens is 568 g/mol. The van der Waals surface area contributed by atoms with E-state index < -0.39 is 52.7 Å². The normalized spacial score (nSPS) is 23.4. The van der Waals surface area contributed by atoms with Crippen molar-refractivity contribution in [2.24, 2.45) is 0 Å². The number of benzene rings is 1. The molecule has 0 aliphatic carbocycles. The number of esters is 1. The number of hydrogen-bond donors (Lipinski definition) is 3. The monoisotopic (exact) mass is 595 g/mol. The summed E-state index contributed by atoms with van der Waals surface area (Å²) in [6, 6.07) is 7.69. The lowest BCUT2D eigenvalue weighted by atomic mass is 10.1. The summed E-state index contributed by atoms with van der Waals surface area (Å²) in [7, 11) is 0. The second kappa shape index (κ2) is 12.0. The number of aryl methyl sites for hydroxylation is 1. The minimum atomic E-state index is -3.44. The van der Waals surface area contributed by atoms with Crippen molar-refractivity contribution in [3.63, 3.8) is 0 Å². The summed E-state index contributed by atoms with van der Waals surface area (Å²) in [5, 5.41) is 13.7. The van der Waals surface area contributed by atoms with Crippen LogP contribution in [-0.2, 0) is 30.6 Å². The number of carbonyl (C=O) groups excluding carboxylic acids is 1. The molecule has 1 aromatic heterocycles. The first-order valence-electron chi connectivity index (χ1n) is 11.2. The maximum Gasteiger partial charge on any atom is 0.330 e. The quantitative estimate of drug-likeness (QED) is 0.213. The summed E-state index contributed by atoms with van der Waals surface area (Å²) in [6.45, 7) is 2.66. The van der Waals surface area contributed by atoms with E-state index in [4.69, 9.17) is 53.5 Å². The highest BCUT2D eigenvalue weighted by Crippen LogP contribution is 2.49. The van der Waals surface area contributed by atoms with Crippen molar-refractivity contribution in [2.75, 3.05) is 6.61 Å². The molecule has 0 radical (unpaired) electrons. The topological polar surface area (TPSA) is 141 Å². The van der Waals surface area contributed by atoms with Crippen molar-refractivity contribution in [1.29, 1.82) is 0 Å². The minimum Gasteiger partial charge on any atom is -0.462 e. The van der Waals surface area contributed by atoms with Crippen LogP contribution in [0.2, 0.25) is 0 Å². The Bertz CT molecular complexity index is 1270. The maximum absolute atomic E-state index is 12.4. The summed E-state index contributed by atoms with van der Waals surface area (Å²) in [4.78, 5) is 38.6. The molecule has 37 heavy (non-hydrogen) atoms. The zero-order valence-electron chi connectivity index (χ0n) is 20.4. The molecule has 5 atom stereocenters. The largest absolute Gasteiger partial charge is 0.462 e. The SMILES string of the molecule is Cc1cn([C@@H]2O[C@H](COP(=S)(N[C@@H](C)C(=O)OC(C)C)Oc3ccccc3)[C@@H](O)C2(Cl)Cl)c(=O)[nH]c1=O. The van der Waals surface area contributed by atoms with Crippen LogP contribution in [0.4, 0.5) is 0 Å². The molecular formula is C22H28Cl2N3O8PS. The zero-order valence-corrected chi connectivity index (χ0v) is 23.6. The lowest BCUT2D eigenvalue weighted by Gasteiger charge is -2.28. The fourth-order valence-corrected chi connectivity index (χ4v) is 6.38. The van der Waals surface area contributed by atoms with Gasteiger partial charge in [-0.25, -0.2) is 9.88 Å². The molecule has 1 aromatic carbocycles. The molecule has 2 aromatic rings. The number of aliphatic hydroxyl groups excluding tert-OH is 1. The van der Waals surface area contributed by atoms with Crippen molar-refractivity contribution < 1.29 is 28.4 Å². The molecule has 0 spiro atoms. The Kier molecular flexibility index (Phi) is 9.63. The maximum atomic E-state index is 12.4. The van der Waals surface area contributed by atoms with Crippen molar-refractivity contribution >= 4 is 47.6 Å². The van der Waals surface area contributed by atoms with Gasteiger partial charge in [0.2, 0.25) is 0 Å². The van der Waals surface area contributed by atoms with E-state index in [1.54, 1.807) is 51.1 Å². The number of aliphatic hydroxyl groups is 1. The molecule has 2 heterocycles. The summed E-state index contributed by atoms with van der Waals surface area (Å²) in [6.07, 6.45) is -3.15. The number of para-hydroxylation sites is 1. The second-order valence-electron chi connectivity index (χ2n) is 8.66. The lowest BCUT2D eigenvalue weighted by molar-refractivity contribution is -0.149. The van der Waals surface area contributed by atoms with Crippen LogP contribution in [0.3, 0.4) is 0 Å². The first kappa shape index (κ1) is 29.8. The first-order chi connectivity index (χ1) is 17.2. The van der Waals surface area contributed by atoms with E-state index >= 15 is 0 Å². The van der Waals surface area contributed by atoms with Crippen molar-refractivity contribution in [2.45, 2.75) is 62.6 Å². The van der Waals surface area contributed by atoms with Gasteiger partial charge < -0.3 is 23.6 Å². The third kappa shape index (κ3) is 7.21. The molecule has 1 aliphatic heterocycles. The summed E-state index contributed by atoms with van der Waals surface area (Å²) in [5.41, 5.74) is -1.19. The number of ether oxygens (including phenoxy) is 2. The first-order valence-corrected chi connectivity index (χ1v) is 14.6. The Morgan fingerprint density at radius 2 is 1.95 bits per heavy atom. The molecule has 15 heteroatoms. The Morgan fingerprint density at radius 1 is 1.30 bits per heavy atom. The predicted octanol–water partition coefficient (Wildman–Crippen LogP) is 2.53. The van der Waals surface area contributed by atoms with Gasteiger partial charge in [-0.2, -0.15) is 0 Å². The summed E-state index contributed by atoms with van der Waals surface area (Å²) >= 11 is 18.4. The number of hydrogen-bond acceptors (Lipinski definition) is 9. The van der Waals surface area contributed by atoms with Gasteiger partial charge in [0.15, 0.2) is 10.6 Å².